The summed E-state index contributed by atoms with van der Waals surface area (Å²) in [6.45, 7) is 10.2. The summed E-state index contributed by atoms with van der Waals surface area (Å²) in [5.41, 5.74) is 4.06. The number of hydrogen-bond donors (Lipinski definition) is 5. The molecule has 0 aromatic heterocycles. The van der Waals surface area contributed by atoms with Crippen molar-refractivity contribution in [1.82, 2.24) is 20.9 Å². The van der Waals surface area contributed by atoms with Gasteiger partial charge < -0.3 is 31.7 Å². The fraction of sp³-hybridized carbons (Fsp3) is 0.694. The van der Waals surface area contributed by atoms with Gasteiger partial charge in [-0.2, -0.15) is 0 Å². The number of amides is 4. The summed E-state index contributed by atoms with van der Waals surface area (Å²) < 4.78 is 0. The van der Waals surface area contributed by atoms with Gasteiger partial charge in [0.05, 0.1) is 6.04 Å². The van der Waals surface area contributed by atoms with Crippen LogP contribution in [0.5, 0.6) is 5.75 Å². The number of hydrogen-bond acceptors (Lipinski definition) is 7. The molecule has 3 fully saturated rings. The lowest BCUT2D eigenvalue weighted by Crippen LogP contribution is -2.62. The molecule has 4 rings (SSSR count). The molecule has 1 aliphatic heterocycles. The Morgan fingerprint density at radius 2 is 1.62 bits per heavy atom. The van der Waals surface area contributed by atoms with E-state index < -0.39 is 46.8 Å². The van der Waals surface area contributed by atoms with Gasteiger partial charge in [-0.25, -0.2) is 4.79 Å². The second-order valence-corrected chi connectivity index (χ2v) is 14.2. The van der Waals surface area contributed by atoms with Crippen LogP contribution >= 0.6 is 0 Å². The smallest absolute Gasteiger partial charge is 0.315 e. The van der Waals surface area contributed by atoms with E-state index in [-0.39, 0.29) is 17.9 Å². The molecular formula is C36H59N5O6. The van der Waals surface area contributed by atoms with E-state index in [1.807, 2.05) is 32.9 Å². The van der Waals surface area contributed by atoms with Crippen molar-refractivity contribution in [3.63, 3.8) is 0 Å². The second-order valence-electron chi connectivity index (χ2n) is 14.2. The molecule has 1 heterocycles. The predicted molar refractivity (Wildman–Crippen MR) is 184 cm³/mol. The largest absolute Gasteiger partial charge is 0.508 e. The highest BCUT2D eigenvalue weighted by atomic mass is 16.3. The average Bonchev–Trinajstić information content (AvgIpc) is 3.72. The van der Waals surface area contributed by atoms with E-state index in [0.717, 1.165) is 50.5 Å². The third-order valence-electron chi connectivity index (χ3n) is 8.98. The first kappa shape index (κ1) is 39.7. The first-order valence-electron chi connectivity index (χ1n) is 17.4. The molecule has 1 aromatic carbocycles. The molecule has 4 amide bonds. The van der Waals surface area contributed by atoms with Crippen LogP contribution < -0.4 is 21.7 Å². The lowest BCUT2D eigenvalue weighted by molar-refractivity contribution is -0.142. The van der Waals surface area contributed by atoms with E-state index in [1.165, 1.54) is 18.4 Å². The van der Waals surface area contributed by atoms with Crippen LogP contribution in [0.15, 0.2) is 24.3 Å². The lowest BCUT2D eigenvalue weighted by Gasteiger charge is -2.40. The van der Waals surface area contributed by atoms with Gasteiger partial charge in [-0.1, -0.05) is 91.3 Å². The Bertz CT molecular complexity index is 1190. The van der Waals surface area contributed by atoms with Gasteiger partial charge in [0.15, 0.2) is 6.29 Å². The summed E-state index contributed by atoms with van der Waals surface area (Å²) in [6.07, 6.45) is 9.93. The van der Waals surface area contributed by atoms with E-state index in [2.05, 4.69) is 35.5 Å². The van der Waals surface area contributed by atoms with Gasteiger partial charge in [-0.15, -0.1) is 0 Å². The van der Waals surface area contributed by atoms with Crippen molar-refractivity contribution in [1.29, 1.82) is 0 Å². The van der Waals surface area contributed by atoms with Crippen LogP contribution in [0, 0.1) is 11.3 Å². The molecule has 0 radical (unpaired) electrons. The van der Waals surface area contributed by atoms with Crippen molar-refractivity contribution < 1.29 is 29.1 Å². The highest BCUT2D eigenvalue weighted by molar-refractivity contribution is 6.28. The Kier molecular flexibility index (Phi) is 15.8. The van der Waals surface area contributed by atoms with Gasteiger partial charge in [0.1, 0.15) is 17.8 Å². The number of aromatic hydroxyl groups is 1. The number of likely N-dealkylation sites (tertiary alicyclic amines) is 1. The van der Waals surface area contributed by atoms with Crippen molar-refractivity contribution in [3.8, 4) is 5.75 Å². The van der Waals surface area contributed by atoms with Crippen LogP contribution in [0.3, 0.4) is 0 Å². The number of para-hydroxylation sites is 1. The molecule has 11 heteroatoms. The average molecular weight is 658 g/mol. The Labute approximate surface area is 281 Å². The highest BCUT2D eigenvalue weighted by Crippen LogP contribution is 2.35. The molecule has 2 aliphatic carbocycles. The number of carbonyl (C=O) groups excluding carboxylic acids is 5. The molecule has 3 aliphatic rings. The molecule has 0 spiro atoms. The molecule has 0 bridgehead atoms. The zero-order valence-electron chi connectivity index (χ0n) is 29.4. The Balaban J connectivity index is 0.00000145. The molecule has 1 saturated heterocycles. The number of nitrogens with two attached hydrogens (primary N) is 1. The SMILES string of the molecule is CC(C)(C)C(NC(=O)NC1(Cc2ccccc2O)CCCCC1)C(=O)N1CCCC1C(=O)NC(CC1CC1)C(=O)C=O.CCC.CN. The van der Waals surface area contributed by atoms with Gasteiger partial charge in [0, 0.05) is 12.1 Å². The van der Waals surface area contributed by atoms with Crippen LogP contribution in [0.4, 0.5) is 4.79 Å². The number of Topliss-reactive ketones (excluding diaryl/α,β-unsaturated/α-hetero) is 1. The van der Waals surface area contributed by atoms with Crippen molar-refractivity contribution >= 4 is 29.9 Å². The van der Waals surface area contributed by atoms with Gasteiger partial charge in [-0.05, 0) is 68.5 Å². The van der Waals surface area contributed by atoms with Crippen LogP contribution in [-0.2, 0) is 25.6 Å². The topological polar surface area (TPSA) is 171 Å². The van der Waals surface area contributed by atoms with E-state index in [9.17, 15) is 29.1 Å². The molecule has 6 N–H and O–H groups in total. The molecule has 264 valence electrons. The van der Waals surface area contributed by atoms with E-state index in [4.69, 9.17) is 0 Å². The van der Waals surface area contributed by atoms with Crippen LogP contribution in [0.1, 0.15) is 111 Å². The number of phenols is 1. The molecule has 3 unspecified atom stereocenters. The van der Waals surface area contributed by atoms with E-state index in [0.29, 0.717) is 38.1 Å². The number of urea groups is 1. The maximum atomic E-state index is 14.0. The quantitative estimate of drug-likeness (QED) is 0.174. The minimum atomic E-state index is -0.907. The normalized spacial score (nSPS) is 19.8. The second kappa shape index (κ2) is 18.8. The number of aldehydes is 1. The molecule has 2 saturated carbocycles. The van der Waals surface area contributed by atoms with Gasteiger partial charge >= 0.3 is 6.03 Å². The fourth-order valence-electron chi connectivity index (χ4n) is 6.41. The number of phenolic OH excluding ortho intramolecular Hbond substituents is 1. The summed E-state index contributed by atoms with van der Waals surface area (Å²) in [4.78, 5) is 65.7. The fourth-order valence-corrected chi connectivity index (χ4v) is 6.41. The summed E-state index contributed by atoms with van der Waals surface area (Å²) >= 11 is 0. The Morgan fingerprint density at radius 3 is 2.17 bits per heavy atom. The van der Waals surface area contributed by atoms with Crippen molar-refractivity contribution in [2.75, 3.05) is 13.6 Å². The molecule has 1 aromatic rings. The molecule has 47 heavy (non-hydrogen) atoms. The van der Waals surface area contributed by atoms with Crippen molar-refractivity contribution in [2.45, 2.75) is 135 Å². The van der Waals surface area contributed by atoms with Crippen LogP contribution in [0.2, 0.25) is 0 Å². The van der Waals surface area contributed by atoms with Crippen molar-refractivity contribution in [3.05, 3.63) is 29.8 Å². The summed E-state index contributed by atoms with van der Waals surface area (Å²) in [6, 6.07) is 4.13. The van der Waals surface area contributed by atoms with Gasteiger partial charge in [0.2, 0.25) is 17.6 Å². The summed E-state index contributed by atoms with van der Waals surface area (Å²) in [5.74, 6) is -0.930. The van der Waals surface area contributed by atoms with Crippen LogP contribution in [-0.4, -0.2) is 77.2 Å². The Hall–Kier alpha value is -3.47. The first-order chi connectivity index (χ1) is 22.3. The lowest BCUT2D eigenvalue weighted by atomic mass is 9.77. The van der Waals surface area contributed by atoms with Gasteiger partial charge in [0.25, 0.3) is 0 Å². The summed E-state index contributed by atoms with van der Waals surface area (Å²) in [7, 11) is 1.50. The molecular weight excluding hydrogens is 598 g/mol. The highest BCUT2D eigenvalue weighted by Gasteiger charge is 2.44. The van der Waals surface area contributed by atoms with Crippen LogP contribution in [0.25, 0.3) is 0 Å². The maximum Gasteiger partial charge on any atom is 0.315 e. The zero-order chi connectivity index (χ0) is 35.2. The Morgan fingerprint density at radius 1 is 1.00 bits per heavy atom. The maximum absolute atomic E-state index is 14.0. The number of nitrogens with zero attached hydrogens (tertiary/aromatic N) is 1. The number of benzene rings is 1. The third-order valence-corrected chi connectivity index (χ3v) is 8.98. The number of carbonyl (C=O) groups is 5. The number of ketones is 1. The zero-order valence-corrected chi connectivity index (χ0v) is 29.4. The monoisotopic (exact) mass is 657 g/mol. The van der Waals surface area contributed by atoms with E-state index in [1.54, 1.807) is 12.1 Å². The van der Waals surface area contributed by atoms with Gasteiger partial charge in [-0.3, -0.25) is 19.2 Å². The minimum Gasteiger partial charge on any atom is -0.508 e. The first-order valence-corrected chi connectivity index (χ1v) is 17.4. The summed E-state index contributed by atoms with van der Waals surface area (Å²) in [5, 5.41) is 19.3. The number of nitrogens with one attached hydrogen (secondary N) is 3. The number of rotatable bonds is 11. The van der Waals surface area contributed by atoms with Crippen molar-refractivity contribution in [2.24, 2.45) is 17.1 Å². The molecule has 11 nitrogen and oxygen atoms in total. The van der Waals surface area contributed by atoms with E-state index >= 15 is 0 Å². The standard InChI is InChI=1S/C32H46N4O6.C3H8.CH5N/c1-31(2,3)27(34-30(42)35-32(15-7-4-8-16-32)19-22-10-5-6-12-25(22)38)29(41)36-17-9-11-24(36)28(40)33-23(26(39)20-37)18-21-13-14-21;1-3-2;1-2/h5-6,10,12,20-21,23-24,27,38H,4,7-9,11,13-19H2,1-3H3,(H,33,40)(H2,34,35,42);3H2,1-2H3;2H2,1H3. The predicted octanol–water partition coefficient (Wildman–Crippen LogP) is 4.39. The molecule has 3 atom stereocenters. The third kappa shape index (κ3) is 11.9. The minimum absolute atomic E-state index is 0.194.